The fraction of sp³-hybridized carbons (Fsp3) is 0.417. The van der Waals surface area contributed by atoms with Crippen molar-refractivity contribution in [1.82, 2.24) is 9.47 Å². The lowest BCUT2D eigenvalue weighted by Gasteiger charge is -2.28. The van der Waals surface area contributed by atoms with E-state index >= 15 is 0 Å². The number of hydrogen-bond donors (Lipinski definition) is 0. The molecule has 3 nitrogen and oxygen atoms in total. The van der Waals surface area contributed by atoms with E-state index in [-0.39, 0.29) is 0 Å². The summed E-state index contributed by atoms with van der Waals surface area (Å²) in [6.07, 6.45) is 5.97. The molecule has 0 spiro atoms. The van der Waals surface area contributed by atoms with Gasteiger partial charge in [-0.1, -0.05) is 30.3 Å². The van der Waals surface area contributed by atoms with Gasteiger partial charge in [0.25, 0.3) is 0 Å². The molecule has 0 radical (unpaired) electrons. The highest BCUT2D eigenvalue weighted by atomic mass is 16.5. The maximum absolute atomic E-state index is 5.58. The molecule has 27 heavy (non-hydrogen) atoms. The molecule has 3 heteroatoms. The summed E-state index contributed by atoms with van der Waals surface area (Å²) in [7, 11) is 3.99. The number of nitrogens with zero attached hydrogens (tertiary/aromatic N) is 2. The van der Waals surface area contributed by atoms with Gasteiger partial charge in [0.15, 0.2) is 0 Å². The topological polar surface area (TPSA) is 17.4 Å². The minimum Gasteiger partial charge on any atom is -0.497 e. The Balaban J connectivity index is 1.72. The van der Waals surface area contributed by atoms with Gasteiger partial charge in [-0.15, -0.1) is 0 Å². The molecule has 3 aromatic rings. The van der Waals surface area contributed by atoms with Gasteiger partial charge in [-0.2, -0.15) is 0 Å². The smallest absolute Gasteiger partial charge is 0.119 e. The predicted octanol–water partition coefficient (Wildman–Crippen LogP) is 5.01. The Morgan fingerprint density at radius 3 is 2.52 bits per heavy atom. The molecular weight excluding hydrogens is 332 g/mol. The number of likely N-dealkylation sites (tertiary alicyclic amines) is 1. The number of rotatable bonds is 5. The number of ether oxygens (including phenoxy) is 1. The zero-order valence-corrected chi connectivity index (χ0v) is 16.7. The van der Waals surface area contributed by atoms with Crippen LogP contribution in [0.3, 0.4) is 0 Å². The molecule has 1 fully saturated rings. The minimum absolute atomic E-state index is 0.646. The van der Waals surface area contributed by atoms with Gasteiger partial charge >= 0.3 is 0 Å². The van der Waals surface area contributed by atoms with Crippen molar-refractivity contribution in [1.29, 1.82) is 0 Å². The van der Waals surface area contributed by atoms with Crippen LogP contribution in [0.4, 0.5) is 0 Å². The van der Waals surface area contributed by atoms with Gasteiger partial charge in [-0.05, 0) is 81.1 Å². The van der Waals surface area contributed by atoms with E-state index in [1.807, 2.05) is 0 Å². The summed E-state index contributed by atoms with van der Waals surface area (Å²) < 4.78 is 8.06. The Labute approximate surface area is 162 Å². The molecule has 2 heterocycles. The third-order valence-corrected chi connectivity index (χ3v) is 6.05. The zero-order valence-electron chi connectivity index (χ0n) is 16.7. The highest BCUT2D eigenvalue weighted by molar-refractivity contribution is 5.88. The molecule has 0 saturated carbocycles. The Morgan fingerprint density at radius 2 is 1.81 bits per heavy atom. The summed E-state index contributed by atoms with van der Waals surface area (Å²) >= 11 is 0. The van der Waals surface area contributed by atoms with Gasteiger partial charge in [-0.3, -0.25) is 0 Å². The average Bonchev–Trinajstić information content (AvgIpc) is 3.07. The van der Waals surface area contributed by atoms with Crippen molar-refractivity contribution in [3.05, 3.63) is 65.4 Å². The van der Waals surface area contributed by atoms with E-state index < -0.39 is 0 Å². The van der Waals surface area contributed by atoms with Crippen LogP contribution in [0.1, 0.15) is 35.4 Å². The first-order valence-corrected chi connectivity index (χ1v) is 10.1. The highest BCUT2D eigenvalue weighted by Gasteiger charge is 2.23. The van der Waals surface area contributed by atoms with Gasteiger partial charge in [0, 0.05) is 18.1 Å². The maximum atomic E-state index is 5.58. The zero-order chi connectivity index (χ0) is 18.8. The van der Waals surface area contributed by atoms with Crippen molar-refractivity contribution >= 4 is 10.9 Å². The van der Waals surface area contributed by atoms with E-state index in [0.29, 0.717) is 5.92 Å². The van der Waals surface area contributed by atoms with Crippen LogP contribution in [0.5, 0.6) is 5.75 Å². The van der Waals surface area contributed by atoms with Crippen LogP contribution in [0.25, 0.3) is 10.9 Å². The summed E-state index contributed by atoms with van der Waals surface area (Å²) in [4.78, 5) is 2.44. The first-order valence-electron chi connectivity index (χ1n) is 10.1. The molecule has 0 aliphatic carbocycles. The largest absolute Gasteiger partial charge is 0.497 e. The van der Waals surface area contributed by atoms with E-state index in [1.165, 1.54) is 53.5 Å². The van der Waals surface area contributed by atoms with Gasteiger partial charge in [0.05, 0.1) is 12.6 Å². The summed E-state index contributed by atoms with van der Waals surface area (Å²) in [6.45, 7) is 5.59. The van der Waals surface area contributed by atoms with Crippen LogP contribution in [-0.4, -0.2) is 36.7 Å². The fourth-order valence-corrected chi connectivity index (χ4v) is 4.48. The Hall–Kier alpha value is -2.26. The Morgan fingerprint density at radius 1 is 1.07 bits per heavy atom. The molecule has 4 rings (SSSR count). The van der Waals surface area contributed by atoms with Crippen molar-refractivity contribution in [3.63, 3.8) is 0 Å². The van der Waals surface area contributed by atoms with E-state index in [4.69, 9.17) is 4.74 Å². The van der Waals surface area contributed by atoms with Gasteiger partial charge in [0.1, 0.15) is 5.75 Å². The van der Waals surface area contributed by atoms with Crippen molar-refractivity contribution in [2.75, 3.05) is 27.2 Å². The van der Waals surface area contributed by atoms with Crippen molar-refractivity contribution in [2.24, 2.45) is 0 Å². The van der Waals surface area contributed by atoms with Crippen molar-refractivity contribution in [3.8, 4) is 5.75 Å². The number of aryl methyl sites for hydroxylation is 3. The molecule has 1 aliphatic rings. The van der Waals surface area contributed by atoms with E-state index in [1.54, 1.807) is 7.11 Å². The summed E-state index contributed by atoms with van der Waals surface area (Å²) in [6, 6.07) is 15.2. The van der Waals surface area contributed by atoms with Crippen LogP contribution in [0.15, 0.2) is 48.7 Å². The number of fused-ring (bicyclic) bond motifs is 1. The monoisotopic (exact) mass is 362 g/mol. The molecule has 1 saturated heterocycles. The van der Waals surface area contributed by atoms with E-state index in [2.05, 4.69) is 72.1 Å². The highest BCUT2D eigenvalue weighted by Crippen LogP contribution is 2.37. The minimum atomic E-state index is 0.646. The Bertz CT molecular complexity index is 905. The van der Waals surface area contributed by atoms with Crippen LogP contribution in [0, 0.1) is 6.92 Å². The van der Waals surface area contributed by atoms with Gasteiger partial charge in [-0.25, -0.2) is 0 Å². The fourth-order valence-electron chi connectivity index (χ4n) is 4.48. The number of methoxy groups -OCH3 is 1. The third-order valence-electron chi connectivity index (χ3n) is 6.05. The quantitative estimate of drug-likeness (QED) is 0.635. The lowest BCUT2D eigenvalue weighted by Crippen LogP contribution is -2.29. The van der Waals surface area contributed by atoms with Gasteiger partial charge in [0.2, 0.25) is 0 Å². The second kappa shape index (κ2) is 7.77. The number of benzene rings is 2. The SMILES string of the molecule is COc1cc(C)c2c(c1)c(C1CCN(C)CC1)cn2CCc1ccccc1. The normalized spacial score (nSPS) is 16.1. The molecule has 0 N–H and O–H groups in total. The average molecular weight is 363 g/mol. The molecule has 0 amide bonds. The molecule has 0 bridgehead atoms. The first-order chi connectivity index (χ1) is 13.2. The van der Waals surface area contributed by atoms with Crippen molar-refractivity contribution < 1.29 is 4.74 Å². The van der Waals surface area contributed by atoms with Crippen LogP contribution < -0.4 is 4.74 Å². The predicted molar refractivity (Wildman–Crippen MR) is 113 cm³/mol. The van der Waals surface area contributed by atoms with Crippen LogP contribution in [0.2, 0.25) is 0 Å². The number of aromatic nitrogens is 1. The maximum Gasteiger partial charge on any atom is 0.119 e. The first kappa shape index (κ1) is 18.1. The second-order valence-electron chi connectivity index (χ2n) is 7.93. The summed E-state index contributed by atoms with van der Waals surface area (Å²) in [5, 5.41) is 1.38. The lowest BCUT2D eigenvalue weighted by atomic mass is 9.89. The molecule has 142 valence electrons. The summed E-state index contributed by atoms with van der Waals surface area (Å²) in [5.74, 6) is 1.61. The molecular formula is C24H30N2O. The number of hydrogen-bond acceptors (Lipinski definition) is 2. The van der Waals surface area contributed by atoms with Crippen molar-refractivity contribution in [2.45, 2.75) is 38.6 Å². The molecule has 1 aliphatic heterocycles. The standard InChI is InChI=1S/C24H30N2O/c1-18-15-21(27-3)16-22-23(20-10-12-25(2)13-11-20)17-26(24(18)22)14-9-19-7-5-4-6-8-19/h4-8,15-17,20H,9-14H2,1-3H3. The molecule has 0 unspecified atom stereocenters. The second-order valence-corrected chi connectivity index (χ2v) is 7.93. The Kier molecular flexibility index (Phi) is 5.22. The molecule has 1 aromatic heterocycles. The van der Waals surface area contributed by atoms with E-state index in [0.717, 1.165) is 18.7 Å². The summed E-state index contributed by atoms with van der Waals surface area (Å²) in [5.41, 5.74) is 5.58. The van der Waals surface area contributed by atoms with E-state index in [9.17, 15) is 0 Å². The third kappa shape index (κ3) is 3.74. The molecule has 0 atom stereocenters. The van der Waals surface area contributed by atoms with Gasteiger partial charge < -0.3 is 14.2 Å². The molecule has 2 aromatic carbocycles. The van der Waals surface area contributed by atoms with Crippen LogP contribution in [-0.2, 0) is 13.0 Å². The number of piperidine rings is 1. The van der Waals surface area contributed by atoms with Crippen LogP contribution >= 0.6 is 0 Å². The lowest BCUT2D eigenvalue weighted by molar-refractivity contribution is 0.256.